The van der Waals surface area contributed by atoms with Gasteiger partial charge in [-0.15, -0.1) is 12.8 Å². The van der Waals surface area contributed by atoms with Gasteiger partial charge in [0, 0.05) is 75.3 Å². The van der Waals surface area contributed by atoms with Gasteiger partial charge in [0.05, 0.1) is 0 Å². The fourth-order valence-corrected chi connectivity index (χ4v) is 8.15. The average Bonchev–Trinajstić information content (AvgIpc) is 3.19. The van der Waals surface area contributed by atoms with Gasteiger partial charge in [0.25, 0.3) is 11.8 Å². The van der Waals surface area contributed by atoms with E-state index in [1.54, 1.807) is 9.80 Å². The van der Waals surface area contributed by atoms with E-state index in [9.17, 15) is 29.4 Å². The Labute approximate surface area is 295 Å². The molecule has 5 rings (SSSR count). The molecular weight excluding hydrogens is 636 g/mol. The maximum atomic E-state index is 13.9. The molecule has 4 aliphatic rings. The number of rotatable bonds is 8. The van der Waals surface area contributed by atoms with Gasteiger partial charge in [-0.3, -0.25) is 19.2 Å². The highest BCUT2D eigenvalue weighted by atomic mass is 16.3. The summed E-state index contributed by atoms with van der Waals surface area (Å²) < 4.78 is 0. The van der Waals surface area contributed by atoms with Crippen molar-refractivity contribution in [3.63, 3.8) is 0 Å². The van der Waals surface area contributed by atoms with E-state index in [1.807, 2.05) is 0 Å². The number of nitrogens with zero attached hydrogens (tertiary/aromatic N) is 4. The van der Waals surface area contributed by atoms with Crippen LogP contribution in [0.4, 0.5) is 0 Å². The highest BCUT2D eigenvalue weighted by molar-refractivity contribution is 5.94. The number of aliphatic hydroxyl groups is 2. The summed E-state index contributed by atoms with van der Waals surface area (Å²) in [6.45, 7) is 3.06. The number of piperazine rings is 2. The first-order valence-electron chi connectivity index (χ1n) is 18.1. The van der Waals surface area contributed by atoms with Crippen LogP contribution in [0.25, 0.3) is 0 Å². The first-order chi connectivity index (χ1) is 24.0. The zero-order valence-corrected chi connectivity index (χ0v) is 29.0. The minimum absolute atomic E-state index is 0.0570. The second-order valence-electron chi connectivity index (χ2n) is 14.4. The van der Waals surface area contributed by atoms with Crippen LogP contribution >= 0.6 is 0 Å². The van der Waals surface area contributed by atoms with Crippen molar-refractivity contribution in [2.75, 3.05) is 65.4 Å². The Hall–Kier alpha value is -3.94. The highest BCUT2D eigenvalue weighted by Crippen LogP contribution is 2.36. The fourth-order valence-electron chi connectivity index (χ4n) is 8.15. The molecule has 0 aromatic heterocycles. The molecular formula is C38H52N6O6. The van der Waals surface area contributed by atoms with E-state index in [4.69, 9.17) is 24.3 Å². The molecule has 6 N–H and O–H groups in total. The normalized spacial score (nSPS) is 26.9. The Morgan fingerprint density at radius 3 is 1.18 bits per heavy atom. The summed E-state index contributed by atoms with van der Waals surface area (Å²) in [4.78, 5) is 60.7. The molecule has 0 radical (unpaired) electrons. The Balaban J connectivity index is 1.25. The predicted molar refractivity (Wildman–Crippen MR) is 187 cm³/mol. The van der Waals surface area contributed by atoms with E-state index in [0.717, 1.165) is 51.4 Å². The Morgan fingerprint density at radius 2 is 0.900 bits per heavy atom. The van der Waals surface area contributed by atoms with E-state index < -0.39 is 23.0 Å². The summed E-state index contributed by atoms with van der Waals surface area (Å²) in [7, 11) is 0. The number of carbonyl (C=O) groups is 4. The third kappa shape index (κ3) is 7.40. The minimum Gasteiger partial charge on any atom is -0.366 e. The lowest BCUT2D eigenvalue weighted by Gasteiger charge is -2.41. The summed E-state index contributed by atoms with van der Waals surface area (Å²) in [6.07, 6.45) is 18.6. The van der Waals surface area contributed by atoms with E-state index in [1.165, 1.54) is 34.1 Å². The van der Waals surface area contributed by atoms with Crippen LogP contribution in [-0.4, -0.2) is 119 Å². The predicted octanol–water partition coefficient (Wildman–Crippen LogP) is 0.200. The van der Waals surface area contributed by atoms with Gasteiger partial charge in [0.1, 0.15) is 0 Å². The third-order valence-electron chi connectivity index (χ3n) is 11.6. The molecule has 0 bridgehead atoms. The van der Waals surface area contributed by atoms with E-state index in [-0.39, 0.29) is 61.0 Å². The summed E-state index contributed by atoms with van der Waals surface area (Å²) in [5.74, 6) is 3.77. The molecule has 2 saturated carbocycles. The number of nitrogens with two attached hydrogens (primary N) is 2. The molecule has 12 heteroatoms. The number of amides is 4. The molecule has 0 spiro atoms. The van der Waals surface area contributed by atoms with E-state index in [0.29, 0.717) is 51.1 Å². The number of benzene rings is 1. The molecule has 12 nitrogen and oxygen atoms in total. The van der Waals surface area contributed by atoms with Gasteiger partial charge in [-0.25, -0.2) is 0 Å². The van der Waals surface area contributed by atoms with Crippen molar-refractivity contribution in [3.05, 3.63) is 35.4 Å². The Bertz CT molecular complexity index is 1380. The third-order valence-corrected chi connectivity index (χ3v) is 11.6. The fraction of sp³-hybridized carbons (Fsp3) is 0.632. The van der Waals surface area contributed by atoms with Crippen molar-refractivity contribution >= 4 is 23.6 Å². The van der Waals surface area contributed by atoms with Crippen molar-refractivity contribution in [1.82, 2.24) is 19.6 Å². The number of carbonyl (C=O) groups excluding carboxylic acids is 4. The van der Waals surface area contributed by atoms with Gasteiger partial charge in [0.15, 0.2) is 0 Å². The van der Waals surface area contributed by atoms with Crippen molar-refractivity contribution in [1.29, 1.82) is 0 Å². The lowest BCUT2D eigenvalue weighted by Crippen LogP contribution is -2.58. The first kappa shape index (κ1) is 37.3. The molecule has 2 unspecified atom stereocenters. The molecule has 50 heavy (non-hydrogen) atoms. The van der Waals surface area contributed by atoms with Crippen LogP contribution in [0.15, 0.2) is 24.3 Å². The molecule has 2 atom stereocenters. The van der Waals surface area contributed by atoms with Crippen molar-refractivity contribution in [2.45, 2.75) is 62.6 Å². The molecule has 2 aliphatic carbocycles. The number of terminal acetylenes is 2. The van der Waals surface area contributed by atoms with Crippen molar-refractivity contribution in [3.8, 4) is 24.7 Å². The van der Waals surface area contributed by atoms with E-state index >= 15 is 0 Å². The van der Waals surface area contributed by atoms with Crippen molar-refractivity contribution < 1.29 is 29.4 Å². The van der Waals surface area contributed by atoms with Crippen LogP contribution in [-0.2, 0) is 30.4 Å². The quantitative estimate of drug-likeness (QED) is 0.281. The van der Waals surface area contributed by atoms with Crippen LogP contribution < -0.4 is 11.5 Å². The topological polar surface area (TPSA) is 174 Å². The van der Waals surface area contributed by atoms with Crippen LogP contribution in [0.2, 0.25) is 0 Å². The first-order valence-corrected chi connectivity index (χ1v) is 18.1. The van der Waals surface area contributed by atoms with Gasteiger partial charge in [0.2, 0.25) is 23.0 Å². The number of hydrogen-bond acceptors (Lipinski definition) is 8. The molecule has 4 amide bonds. The zero-order valence-electron chi connectivity index (χ0n) is 29.0. The van der Waals surface area contributed by atoms with Crippen molar-refractivity contribution in [2.24, 2.45) is 35.1 Å². The number of hydrogen-bond donors (Lipinski definition) is 4. The van der Waals surface area contributed by atoms with Crippen LogP contribution in [0.5, 0.6) is 0 Å². The summed E-state index contributed by atoms with van der Waals surface area (Å²) in [5.41, 5.74) is 6.17. The lowest BCUT2D eigenvalue weighted by molar-refractivity contribution is -0.153. The monoisotopic (exact) mass is 688 g/mol. The van der Waals surface area contributed by atoms with Gasteiger partial charge in [-0.1, -0.05) is 36.1 Å². The van der Waals surface area contributed by atoms with Crippen LogP contribution in [0.3, 0.4) is 0 Å². The SMILES string of the molecule is C#CC(O)(C(=O)N1CCN(C(=O)C2CCC(CN)CC2)CC1)c1ccccc1C(O)(C#C)C(=O)N1CCN(C(=O)C2CCC(CN)CC2)CC1. The highest BCUT2D eigenvalue weighted by Gasteiger charge is 2.49. The van der Waals surface area contributed by atoms with Crippen LogP contribution in [0, 0.1) is 48.4 Å². The molecule has 2 heterocycles. The summed E-state index contributed by atoms with van der Waals surface area (Å²) >= 11 is 0. The lowest BCUT2D eigenvalue weighted by atomic mass is 9.80. The smallest absolute Gasteiger partial charge is 0.272 e. The molecule has 1 aromatic carbocycles. The Morgan fingerprint density at radius 1 is 0.600 bits per heavy atom. The largest absolute Gasteiger partial charge is 0.366 e. The summed E-state index contributed by atoms with van der Waals surface area (Å²) in [5, 5.41) is 23.7. The van der Waals surface area contributed by atoms with Gasteiger partial charge < -0.3 is 41.3 Å². The van der Waals surface area contributed by atoms with Gasteiger partial charge in [-0.05, 0) is 76.3 Å². The standard InChI is InChI=1S/C38H52N6O6/c1-3-37(49,35(47)43-21-17-41(18-22-43)33(45)29-13-9-27(25-39)10-14-29)31-7-5-6-8-32(31)38(50,4-2)36(48)44-23-19-42(20-24-44)34(46)30-15-11-28(26-40)12-16-30/h1-2,5-8,27-30,49-50H,9-26,39-40H2. The molecule has 270 valence electrons. The van der Waals surface area contributed by atoms with Crippen LogP contribution in [0.1, 0.15) is 62.5 Å². The molecule has 4 fully saturated rings. The zero-order chi connectivity index (χ0) is 36.1. The van der Waals surface area contributed by atoms with Gasteiger partial charge >= 0.3 is 0 Å². The maximum Gasteiger partial charge on any atom is 0.272 e. The second-order valence-corrected chi connectivity index (χ2v) is 14.4. The molecule has 2 saturated heterocycles. The second kappa shape index (κ2) is 15.9. The average molecular weight is 689 g/mol. The molecule has 2 aliphatic heterocycles. The minimum atomic E-state index is -2.55. The van der Waals surface area contributed by atoms with Gasteiger partial charge in [-0.2, -0.15) is 0 Å². The Kier molecular flexibility index (Phi) is 11.9. The maximum absolute atomic E-state index is 13.9. The summed E-state index contributed by atoms with van der Waals surface area (Å²) in [6, 6.07) is 5.85. The van der Waals surface area contributed by atoms with E-state index in [2.05, 4.69) is 11.8 Å². The molecule has 1 aromatic rings.